The van der Waals surface area contributed by atoms with Crippen molar-refractivity contribution in [2.24, 2.45) is 5.41 Å². The summed E-state index contributed by atoms with van der Waals surface area (Å²) in [5.74, 6) is 0.0879. The molecule has 2 fully saturated rings. The smallest absolute Gasteiger partial charge is 0.241 e. The van der Waals surface area contributed by atoms with Gasteiger partial charge in [0.15, 0.2) is 0 Å². The SMILES string of the molecule is CC1(C(=O)NCC(=O)N2CCCCC2)CCNCC1. The van der Waals surface area contributed by atoms with E-state index in [0.29, 0.717) is 0 Å². The van der Waals surface area contributed by atoms with Gasteiger partial charge in [0, 0.05) is 18.5 Å². The predicted molar refractivity (Wildman–Crippen MR) is 73.7 cm³/mol. The van der Waals surface area contributed by atoms with E-state index in [0.717, 1.165) is 51.9 Å². The van der Waals surface area contributed by atoms with Gasteiger partial charge in [0.05, 0.1) is 6.54 Å². The minimum absolute atomic E-state index is 0.0272. The summed E-state index contributed by atoms with van der Waals surface area (Å²) in [6.45, 7) is 5.59. The van der Waals surface area contributed by atoms with E-state index in [1.54, 1.807) is 0 Å². The Hall–Kier alpha value is -1.10. The van der Waals surface area contributed by atoms with Crippen LogP contribution in [-0.4, -0.2) is 49.4 Å². The topological polar surface area (TPSA) is 61.4 Å². The molecule has 19 heavy (non-hydrogen) atoms. The zero-order valence-corrected chi connectivity index (χ0v) is 11.8. The Kier molecular flexibility index (Phi) is 4.80. The van der Waals surface area contributed by atoms with Crippen molar-refractivity contribution in [3.05, 3.63) is 0 Å². The second kappa shape index (κ2) is 6.37. The maximum atomic E-state index is 12.2. The average Bonchev–Trinajstić information content (AvgIpc) is 2.46. The molecule has 0 spiro atoms. The van der Waals surface area contributed by atoms with E-state index in [1.807, 2.05) is 11.8 Å². The van der Waals surface area contributed by atoms with Gasteiger partial charge in [-0.25, -0.2) is 0 Å². The van der Waals surface area contributed by atoms with Crippen LogP contribution in [0.15, 0.2) is 0 Å². The van der Waals surface area contributed by atoms with Crippen LogP contribution in [0.25, 0.3) is 0 Å². The predicted octanol–water partition coefficient (Wildman–Crippen LogP) is 0.505. The highest BCUT2D eigenvalue weighted by molar-refractivity contribution is 5.87. The first-order valence-electron chi connectivity index (χ1n) is 7.39. The third-order valence-electron chi connectivity index (χ3n) is 4.36. The lowest BCUT2D eigenvalue weighted by Gasteiger charge is -2.33. The van der Waals surface area contributed by atoms with Gasteiger partial charge in [-0.05, 0) is 45.2 Å². The Bertz CT molecular complexity index is 332. The fourth-order valence-corrected chi connectivity index (χ4v) is 2.83. The summed E-state index contributed by atoms with van der Waals surface area (Å²) in [5, 5.41) is 6.09. The Morgan fingerprint density at radius 1 is 1.16 bits per heavy atom. The number of nitrogens with one attached hydrogen (secondary N) is 2. The molecule has 5 heteroatoms. The zero-order valence-electron chi connectivity index (χ0n) is 11.8. The highest BCUT2D eigenvalue weighted by Gasteiger charge is 2.34. The van der Waals surface area contributed by atoms with E-state index >= 15 is 0 Å². The van der Waals surface area contributed by atoms with Crippen LogP contribution in [0.5, 0.6) is 0 Å². The first kappa shape index (κ1) is 14.3. The van der Waals surface area contributed by atoms with Crippen molar-refractivity contribution in [1.29, 1.82) is 0 Å². The number of carbonyl (C=O) groups excluding carboxylic acids is 2. The van der Waals surface area contributed by atoms with Crippen molar-refractivity contribution in [2.75, 3.05) is 32.7 Å². The van der Waals surface area contributed by atoms with Crippen molar-refractivity contribution in [1.82, 2.24) is 15.5 Å². The molecule has 2 aliphatic heterocycles. The number of piperidine rings is 2. The van der Waals surface area contributed by atoms with Gasteiger partial charge in [-0.3, -0.25) is 9.59 Å². The maximum Gasteiger partial charge on any atom is 0.241 e. The number of hydrogen-bond donors (Lipinski definition) is 2. The van der Waals surface area contributed by atoms with Crippen molar-refractivity contribution in [2.45, 2.75) is 39.0 Å². The molecular formula is C14H25N3O2. The summed E-state index contributed by atoms with van der Waals surface area (Å²) in [6.07, 6.45) is 5.07. The zero-order chi connectivity index (χ0) is 13.7. The molecule has 2 N–H and O–H groups in total. The molecule has 0 aromatic carbocycles. The van der Waals surface area contributed by atoms with Crippen LogP contribution < -0.4 is 10.6 Å². The summed E-state index contributed by atoms with van der Waals surface area (Å²) < 4.78 is 0. The monoisotopic (exact) mass is 267 g/mol. The molecule has 2 aliphatic rings. The molecule has 0 bridgehead atoms. The molecule has 0 aromatic rings. The van der Waals surface area contributed by atoms with Gasteiger partial charge >= 0.3 is 0 Å². The summed E-state index contributed by atoms with van der Waals surface area (Å²) in [4.78, 5) is 26.1. The van der Waals surface area contributed by atoms with E-state index in [4.69, 9.17) is 0 Å². The Balaban J connectivity index is 1.77. The van der Waals surface area contributed by atoms with Crippen LogP contribution in [0.1, 0.15) is 39.0 Å². The molecule has 0 saturated carbocycles. The first-order valence-corrected chi connectivity index (χ1v) is 7.39. The van der Waals surface area contributed by atoms with Crippen LogP contribution in [0.4, 0.5) is 0 Å². The first-order chi connectivity index (χ1) is 9.12. The molecule has 2 heterocycles. The van der Waals surface area contributed by atoms with Gasteiger partial charge in [0.2, 0.25) is 11.8 Å². The third kappa shape index (κ3) is 3.69. The van der Waals surface area contributed by atoms with E-state index in [2.05, 4.69) is 10.6 Å². The number of hydrogen-bond acceptors (Lipinski definition) is 3. The van der Waals surface area contributed by atoms with E-state index in [1.165, 1.54) is 6.42 Å². The van der Waals surface area contributed by atoms with Crippen LogP contribution in [0, 0.1) is 5.41 Å². The van der Waals surface area contributed by atoms with Crippen molar-refractivity contribution in [3.63, 3.8) is 0 Å². The minimum Gasteiger partial charge on any atom is -0.347 e. The van der Waals surface area contributed by atoms with Crippen LogP contribution in [0.3, 0.4) is 0 Å². The Labute approximate surface area is 115 Å². The van der Waals surface area contributed by atoms with E-state index < -0.39 is 0 Å². The number of amides is 2. The second-order valence-electron chi connectivity index (χ2n) is 5.93. The molecule has 0 aromatic heterocycles. The van der Waals surface area contributed by atoms with Gasteiger partial charge in [-0.1, -0.05) is 6.92 Å². The molecule has 0 atom stereocenters. The average molecular weight is 267 g/mol. The van der Waals surface area contributed by atoms with E-state index in [9.17, 15) is 9.59 Å². The van der Waals surface area contributed by atoms with Gasteiger partial charge in [-0.15, -0.1) is 0 Å². The molecule has 2 amide bonds. The highest BCUT2D eigenvalue weighted by atomic mass is 16.2. The summed E-state index contributed by atoms with van der Waals surface area (Å²) >= 11 is 0. The largest absolute Gasteiger partial charge is 0.347 e. The minimum atomic E-state index is -0.312. The third-order valence-corrected chi connectivity index (χ3v) is 4.36. The number of carbonyl (C=O) groups is 2. The summed E-state index contributed by atoms with van der Waals surface area (Å²) in [5.41, 5.74) is -0.312. The number of rotatable bonds is 3. The van der Waals surface area contributed by atoms with Crippen molar-refractivity contribution < 1.29 is 9.59 Å². The highest BCUT2D eigenvalue weighted by Crippen LogP contribution is 2.27. The van der Waals surface area contributed by atoms with E-state index in [-0.39, 0.29) is 23.8 Å². The van der Waals surface area contributed by atoms with Gasteiger partial charge < -0.3 is 15.5 Å². The lowest BCUT2D eigenvalue weighted by molar-refractivity contribution is -0.137. The summed E-state index contributed by atoms with van der Waals surface area (Å²) in [7, 11) is 0. The number of likely N-dealkylation sites (tertiary alicyclic amines) is 1. The van der Waals surface area contributed by atoms with Gasteiger partial charge in [-0.2, -0.15) is 0 Å². The van der Waals surface area contributed by atoms with Crippen molar-refractivity contribution in [3.8, 4) is 0 Å². The molecule has 5 nitrogen and oxygen atoms in total. The molecule has 108 valence electrons. The van der Waals surface area contributed by atoms with Gasteiger partial charge in [0.25, 0.3) is 0 Å². The summed E-state index contributed by atoms with van der Waals surface area (Å²) in [6, 6.07) is 0. The second-order valence-corrected chi connectivity index (χ2v) is 5.93. The van der Waals surface area contributed by atoms with Crippen LogP contribution >= 0.6 is 0 Å². The molecular weight excluding hydrogens is 242 g/mol. The van der Waals surface area contributed by atoms with Crippen molar-refractivity contribution >= 4 is 11.8 Å². The molecule has 2 saturated heterocycles. The van der Waals surface area contributed by atoms with Gasteiger partial charge in [0.1, 0.15) is 0 Å². The fourth-order valence-electron chi connectivity index (χ4n) is 2.83. The fraction of sp³-hybridized carbons (Fsp3) is 0.857. The van der Waals surface area contributed by atoms with Crippen LogP contribution in [0.2, 0.25) is 0 Å². The Morgan fingerprint density at radius 3 is 2.42 bits per heavy atom. The molecule has 0 unspecified atom stereocenters. The quantitative estimate of drug-likeness (QED) is 0.783. The maximum absolute atomic E-state index is 12.2. The van der Waals surface area contributed by atoms with Crippen LogP contribution in [-0.2, 0) is 9.59 Å². The molecule has 0 aliphatic carbocycles. The lowest BCUT2D eigenvalue weighted by Crippen LogP contribution is -2.49. The Morgan fingerprint density at radius 2 is 1.79 bits per heavy atom. The lowest BCUT2D eigenvalue weighted by atomic mass is 9.80. The molecule has 2 rings (SSSR count). The number of nitrogens with zero attached hydrogens (tertiary/aromatic N) is 1. The standard InChI is InChI=1S/C14H25N3O2/c1-14(5-7-15-8-6-14)13(19)16-11-12(18)17-9-3-2-4-10-17/h15H,2-11H2,1H3,(H,16,19). The molecule has 0 radical (unpaired) electrons. The normalized spacial score (nSPS) is 22.9.